The molecule has 0 aliphatic heterocycles. The third-order valence-electron chi connectivity index (χ3n) is 10.0. The van der Waals surface area contributed by atoms with Gasteiger partial charge in [0.1, 0.15) is 12.4 Å². The van der Waals surface area contributed by atoms with Gasteiger partial charge in [0.25, 0.3) is 5.82 Å². The Morgan fingerprint density at radius 1 is 0.422 bits per heavy atom. The van der Waals surface area contributed by atoms with Gasteiger partial charge in [-0.05, 0) is 37.8 Å². The number of imidazole rings is 1. The van der Waals surface area contributed by atoms with E-state index in [2.05, 4.69) is 65.7 Å². The summed E-state index contributed by atoms with van der Waals surface area (Å²) in [7, 11) is 0. The Bertz CT molecular complexity index is 869. The molecule has 1 aromatic heterocycles. The number of rotatable bonds is 33. The molecule has 0 bridgehead atoms. The van der Waals surface area contributed by atoms with Crippen LogP contribution in [0.3, 0.4) is 0 Å². The molecule has 1 aromatic carbocycles. The molecule has 0 spiro atoms. The van der Waals surface area contributed by atoms with Crippen molar-refractivity contribution in [3.05, 3.63) is 42.7 Å². The minimum Gasteiger partial charge on any atom is -0.230 e. The zero-order valence-corrected chi connectivity index (χ0v) is 30.6. The molecule has 0 atom stereocenters. The second-order valence-electron chi connectivity index (χ2n) is 14.3. The van der Waals surface area contributed by atoms with E-state index >= 15 is 0 Å². The van der Waals surface area contributed by atoms with Gasteiger partial charge < -0.3 is 0 Å². The van der Waals surface area contributed by atoms with Gasteiger partial charge in [-0.3, -0.25) is 0 Å². The zero-order valence-electron chi connectivity index (χ0n) is 30.6. The van der Waals surface area contributed by atoms with Gasteiger partial charge in [0.2, 0.25) is 0 Å². The summed E-state index contributed by atoms with van der Waals surface area (Å²) in [6.07, 6.45) is 47.5. The monoisotopic (exact) mass is 622 g/mol. The summed E-state index contributed by atoms with van der Waals surface area (Å²) in [6.45, 7) is 6.91. The molecule has 0 amide bonds. The smallest absolute Gasteiger partial charge is 0.230 e. The molecule has 2 heteroatoms. The Labute approximate surface area is 282 Å². The van der Waals surface area contributed by atoms with Crippen LogP contribution in [-0.4, -0.2) is 4.57 Å². The molecule has 0 saturated carbocycles. The Kier molecular flexibility index (Phi) is 26.2. The molecule has 0 N–H and O–H groups in total. The maximum absolute atomic E-state index is 2.53. The maximum atomic E-state index is 2.53. The average Bonchev–Trinajstić information content (AvgIpc) is 3.47. The Balaban J connectivity index is 1.53. The van der Waals surface area contributed by atoms with Crippen molar-refractivity contribution in [3.8, 4) is 11.4 Å². The number of nitrogens with zero attached hydrogens (tertiary/aromatic N) is 2. The first kappa shape index (κ1) is 39.6. The molecule has 0 aliphatic carbocycles. The predicted molar refractivity (Wildman–Crippen MR) is 200 cm³/mol. The first-order chi connectivity index (χ1) is 22.4. The highest BCUT2D eigenvalue weighted by atomic mass is 15.1. The fourth-order valence-electron chi connectivity index (χ4n) is 7.05. The molecule has 1 heterocycles. The minimum absolute atomic E-state index is 1.15. The van der Waals surface area contributed by atoms with Crippen LogP contribution in [-0.2, 0) is 13.1 Å². The lowest BCUT2D eigenvalue weighted by molar-refractivity contribution is -0.686. The fourth-order valence-corrected chi connectivity index (χ4v) is 7.05. The Morgan fingerprint density at radius 2 is 0.778 bits per heavy atom. The van der Waals surface area contributed by atoms with E-state index in [1.165, 1.54) is 204 Å². The molecule has 0 radical (unpaired) electrons. The largest absolute Gasteiger partial charge is 0.288 e. The number of hydrogen-bond acceptors (Lipinski definition) is 0. The third-order valence-corrected chi connectivity index (χ3v) is 10.0. The van der Waals surface area contributed by atoms with Crippen LogP contribution >= 0.6 is 0 Å². The van der Waals surface area contributed by atoms with Gasteiger partial charge in [-0.2, -0.15) is 0 Å². The van der Waals surface area contributed by atoms with Crippen molar-refractivity contribution in [1.29, 1.82) is 0 Å². The van der Waals surface area contributed by atoms with E-state index in [0.717, 1.165) is 13.1 Å². The molecule has 2 rings (SSSR count). The minimum atomic E-state index is 1.15. The Morgan fingerprint density at radius 3 is 1.18 bits per heavy atom. The highest BCUT2D eigenvalue weighted by Crippen LogP contribution is 2.19. The molecule has 0 unspecified atom stereocenters. The molecule has 0 saturated heterocycles. The highest BCUT2D eigenvalue weighted by Gasteiger charge is 2.18. The topological polar surface area (TPSA) is 8.81 Å². The highest BCUT2D eigenvalue weighted by molar-refractivity contribution is 5.52. The van der Waals surface area contributed by atoms with E-state index in [0.29, 0.717) is 0 Å². The summed E-state index contributed by atoms with van der Waals surface area (Å²) in [5, 5.41) is 0. The maximum Gasteiger partial charge on any atom is 0.288 e. The standard InChI is InChI=1S/C43H77N2/c1-3-5-7-9-11-13-15-17-19-20-22-24-26-28-30-35-39-45-41-40-44(43(45)42-36-32-31-33-37-42)38-34-29-27-25-23-21-18-16-14-12-10-8-6-4-2/h31-33,36-37,40-41H,3-30,34-35,38-39H2,1-2H3/q+1. The van der Waals surface area contributed by atoms with E-state index in [1.54, 1.807) is 0 Å². The molecule has 2 nitrogen and oxygen atoms in total. The van der Waals surface area contributed by atoms with E-state index in [9.17, 15) is 0 Å². The van der Waals surface area contributed by atoms with Crippen molar-refractivity contribution in [3.63, 3.8) is 0 Å². The van der Waals surface area contributed by atoms with Crippen molar-refractivity contribution >= 4 is 0 Å². The quantitative estimate of drug-likeness (QED) is 0.0554. The summed E-state index contributed by atoms with van der Waals surface area (Å²) >= 11 is 0. The first-order valence-corrected chi connectivity index (χ1v) is 20.5. The molecular formula is C43H77N2+. The van der Waals surface area contributed by atoms with Gasteiger partial charge in [0, 0.05) is 0 Å². The fraction of sp³-hybridized carbons (Fsp3) is 0.791. The number of benzene rings is 1. The van der Waals surface area contributed by atoms with Gasteiger partial charge in [-0.15, -0.1) is 0 Å². The van der Waals surface area contributed by atoms with Crippen LogP contribution < -0.4 is 4.57 Å². The van der Waals surface area contributed by atoms with Crippen LogP contribution in [0, 0.1) is 0 Å². The molecule has 0 fully saturated rings. The Hall–Kier alpha value is -1.57. The second-order valence-corrected chi connectivity index (χ2v) is 14.3. The van der Waals surface area contributed by atoms with E-state index in [1.807, 2.05) is 0 Å². The van der Waals surface area contributed by atoms with Gasteiger partial charge in [-0.1, -0.05) is 199 Å². The van der Waals surface area contributed by atoms with Crippen LogP contribution in [0.1, 0.15) is 206 Å². The molecule has 0 aliphatic rings. The van der Waals surface area contributed by atoms with Gasteiger partial charge in [-0.25, -0.2) is 9.13 Å². The molecule has 45 heavy (non-hydrogen) atoms. The van der Waals surface area contributed by atoms with Gasteiger partial charge >= 0.3 is 0 Å². The first-order valence-electron chi connectivity index (χ1n) is 20.5. The SMILES string of the molecule is CCCCCCCCCCCCCCCCCC[n+]1ccn(CCCCCCCCCCCCCCCC)c1-c1ccccc1. The van der Waals surface area contributed by atoms with Crippen molar-refractivity contribution in [2.75, 3.05) is 0 Å². The predicted octanol–water partition coefficient (Wildman–Crippen LogP) is 14.2. The second kappa shape index (κ2) is 29.8. The number of unbranched alkanes of at least 4 members (excludes halogenated alkanes) is 28. The molecule has 258 valence electrons. The van der Waals surface area contributed by atoms with Crippen LogP contribution in [0.4, 0.5) is 0 Å². The zero-order chi connectivity index (χ0) is 31.9. The normalized spacial score (nSPS) is 11.5. The summed E-state index contributed by atoms with van der Waals surface area (Å²) < 4.78 is 5.06. The van der Waals surface area contributed by atoms with Crippen LogP contribution in [0.5, 0.6) is 0 Å². The molecule has 2 aromatic rings. The van der Waals surface area contributed by atoms with E-state index < -0.39 is 0 Å². The molecular weight excluding hydrogens is 544 g/mol. The van der Waals surface area contributed by atoms with Crippen molar-refractivity contribution in [1.82, 2.24) is 4.57 Å². The lowest BCUT2D eigenvalue weighted by atomic mass is 10.0. The lowest BCUT2D eigenvalue weighted by Gasteiger charge is -2.07. The van der Waals surface area contributed by atoms with Crippen LogP contribution in [0.15, 0.2) is 42.7 Å². The summed E-state index contributed by atoms with van der Waals surface area (Å²) in [5.41, 5.74) is 1.37. The van der Waals surface area contributed by atoms with Crippen molar-refractivity contribution in [2.24, 2.45) is 0 Å². The van der Waals surface area contributed by atoms with Gasteiger partial charge in [0.15, 0.2) is 0 Å². The third kappa shape index (κ3) is 21.0. The summed E-state index contributed by atoms with van der Waals surface area (Å²) in [4.78, 5) is 0. The van der Waals surface area contributed by atoms with Crippen molar-refractivity contribution in [2.45, 2.75) is 220 Å². The summed E-state index contributed by atoms with van der Waals surface area (Å²) in [5.74, 6) is 1.41. The van der Waals surface area contributed by atoms with E-state index in [4.69, 9.17) is 0 Å². The van der Waals surface area contributed by atoms with Crippen LogP contribution in [0.2, 0.25) is 0 Å². The van der Waals surface area contributed by atoms with Crippen LogP contribution in [0.25, 0.3) is 11.4 Å². The number of aromatic nitrogens is 2. The van der Waals surface area contributed by atoms with Crippen molar-refractivity contribution < 1.29 is 4.57 Å². The van der Waals surface area contributed by atoms with Gasteiger partial charge in [0.05, 0.1) is 18.7 Å². The number of hydrogen-bond donors (Lipinski definition) is 0. The number of aryl methyl sites for hydroxylation is 2. The lowest BCUT2D eigenvalue weighted by Crippen LogP contribution is -2.34. The van der Waals surface area contributed by atoms with E-state index in [-0.39, 0.29) is 0 Å². The summed E-state index contributed by atoms with van der Waals surface area (Å²) in [6, 6.07) is 11.1. The average molecular weight is 622 g/mol.